The van der Waals surface area contributed by atoms with Crippen LogP contribution in [0, 0.1) is 11.3 Å². The lowest BCUT2D eigenvalue weighted by molar-refractivity contribution is -0.274. The van der Waals surface area contributed by atoms with Gasteiger partial charge in [0, 0.05) is 0 Å². The molecule has 0 unspecified atom stereocenters. The average molecular weight is 233 g/mol. The maximum absolute atomic E-state index is 12.0. The number of anilines is 1. The minimum absolute atomic E-state index is 0.187. The first-order valence-corrected chi connectivity index (χ1v) is 3.87. The zero-order valence-corrected chi connectivity index (χ0v) is 8.00. The molecule has 0 aliphatic rings. The first-order chi connectivity index (χ1) is 7.39. The van der Waals surface area contributed by atoms with E-state index >= 15 is 0 Å². The minimum atomic E-state index is -4.91. The van der Waals surface area contributed by atoms with Crippen molar-refractivity contribution in [2.75, 3.05) is 12.8 Å². The number of rotatable bonds is 2. The van der Waals surface area contributed by atoms with Gasteiger partial charge in [0.15, 0.2) is 17.3 Å². The Bertz CT molecular complexity index is 439. The molecule has 0 spiro atoms. The van der Waals surface area contributed by atoms with Crippen molar-refractivity contribution in [1.82, 2.24) is 4.98 Å². The first-order valence-electron chi connectivity index (χ1n) is 3.87. The Kier molecular flexibility index (Phi) is 3.08. The number of nitriles is 1. The Balaban J connectivity index is 3.27. The molecule has 8 heteroatoms. The molecule has 1 heterocycles. The van der Waals surface area contributed by atoms with Crippen LogP contribution in [0.5, 0.6) is 11.5 Å². The van der Waals surface area contributed by atoms with E-state index in [1.165, 1.54) is 6.07 Å². The fraction of sp³-hybridized carbons (Fsp3) is 0.250. The molecule has 0 aromatic carbocycles. The standard InChI is InChI=1S/C8H6F3N3O2/c1-15-6-4(2-12)5(3-14-7(6)13)16-8(9,10)11/h3H,1H3,(H2,13,14). The monoisotopic (exact) mass is 233 g/mol. The molecule has 0 bridgehead atoms. The molecule has 0 radical (unpaired) electrons. The van der Waals surface area contributed by atoms with Crippen LogP contribution in [0.2, 0.25) is 0 Å². The highest BCUT2D eigenvalue weighted by atomic mass is 19.4. The zero-order valence-electron chi connectivity index (χ0n) is 8.00. The van der Waals surface area contributed by atoms with Gasteiger partial charge in [-0.3, -0.25) is 0 Å². The molecular weight excluding hydrogens is 227 g/mol. The van der Waals surface area contributed by atoms with Crippen LogP contribution in [0.15, 0.2) is 6.20 Å². The quantitative estimate of drug-likeness (QED) is 0.835. The largest absolute Gasteiger partial charge is 0.573 e. The van der Waals surface area contributed by atoms with E-state index in [1.54, 1.807) is 0 Å². The Morgan fingerprint density at radius 3 is 2.56 bits per heavy atom. The predicted molar refractivity (Wildman–Crippen MR) is 46.6 cm³/mol. The van der Waals surface area contributed by atoms with Gasteiger partial charge in [0.1, 0.15) is 11.6 Å². The number of alkyl halides is 3. The smallest absolute Gasteiger partial charge is 0.491 e. The highest BCUT2D eigenvalue weighted by Crippen LogP contribution is 2.34. The summed E-state index contributed by atoms with van der Waals surface area (Å²) in [7, 11) is 1.16. The summed E-state index contributed by atoms with van der Waals surface area (Å²) in [4.78, 5) is 3.42. The molecule has 86 valence electrons. The van der Waals surface area contributed by atoms with Crippen molar-refractivity contribution >= 4 is 5.82 Å². The second-order valence-electron chi connectivity index (χ2n) is 2.58. The number of nitrogens with zero attached hydrogens (tertiary/aromatic N) is 2. The summed E-state index contributed by atoms with van der Waals surface area (Å²) < 4.78 is 44.2. The normalized spacial score (nSPS) is 10.7. The van der Waals surface area contributed by atoms with Crippen LogP contribution in [0.25, 0.3) is 0 Å². The fourth-order valence-electron chi connectivity index (χ4n) is 1.01. The number of hydrogen-bond acceptors (Lipinski definition) is 5. The summed E-state index contributed by atoms with van der Waals surface area (Å²) in [6.07, 6.45) is -4.20. The lowest BCUT2D eigenvalue weighted by Crippen LogP contribution is -2.18. The van der Waals surface area contributed by atoms with Crippen LogP contribution >= 0.6 is 0 Å². The molecule has 0 atom stereocenters. The minimum Gasteiger partial charge on any atom is -0.491 e. The third-order valence-electron chi connectivity index (χ3n) is 1.57. The molecule has 0 saturated carbocycles. The van der Waals surface area contributed by atoms with Gasteiger partial charge in [0.2, 0.25) is 0 Å². The van der Waals surface area contributed by atoms with Gasteiger partial charge in [-0.05, 0) is 0 Å². The fourth-order valence-corrected chi connectivity index (χ4v) is 1.01. The maximum Gasteiger partial charge on any atom is 0.573 e. The van der Waals surface area contributed by atoms with Gasteiger partial charge < -0.3 is 15.2 Å². The summed E-state index contributed by atoms with van der Waals surface area (Å²) in [5.74, 6) is -1.18. The average Bonchev–Trinajstić information content (AvgIpc) is 2.18. The summed E-state index contributed by atoms with van der Waals surface area (Å²) in [5.41, 5.74) is 4.86. The summed E-state index contributed by atoms with van der Waals surface area (Å²) >= 11 is 0. The van der Waals surface area contributed by atoms with Crippen molar-refractivity contribution in [1.29, 1.82) is 5.26 Å². The summed E-state index contributed by atoms with van der Waals surface area (Å²) in [6.45, 7) is 0. The van der Waals surface area contributed by atoms with Crippen molar-refractivity contribution in [2.24, 2.45) is 0 Å². The van der Waals surface area contributed by atoms with Crippen molar-refractivity contribution < 1.29 is 22.6 Å². The van der Waals surface area contributed by atoms with Gasteiger partial charge in [-0.1, -0.05) is 0 Å². The highest BCUT2D eigenvalue weighted by Gasteiger charge is 2.33. The number of nitrogen functional groups attached to an aromatic ring is 1. The van der Waals surface area contributed by atoms with E-state index in [2.05, 4.69) is 14.5 Å². The van der Waals surface area contributed by atoms with Crippen molar-refractivity contribution in [3.63, 3.8) is 0 Å². The van der Waals surface area contributed by atoms with E-state index < -0.39 is 17.7 Å². The lowest BCUT2D eigenvalue weighted by Gasteiger charge is -2.12. The van der Waals surface area contributed by atoms with Crippen molar-refractivity contribution in [3.8, 4) is 17.6 Å². The molecule has 1 aromatic heterocycles. The first kappa shape index (κ1) is 11.9. The van der Waals surface area contributed by atoms with Gasteiger partial charge in [-0.2, -0.15) is 5.26 Å². The Labute approximate surface area is 88.2 Å². The molecule has 0 saturated heterocycles. The number of nitrogens with two attached hydrogens (primary N) is 1. The molecule has 1 aromatic rings. The van der Waals surface area contributed by atoms with E-state index in [4.69, 9.17) is 11.0 Å². The molecule has 1 rings (SSSR count). The number of aromatic nitrogens is 1. The van der Waals surface area contributed by atoms with Crippen LogP contribution in [0.4, 0.5) is 19.0 Å². The van der Waals surface area contributed by atoms with Crippen LogP contribution < -0.4 is 15.2 Å². The number of ether oxygens (including phenoxy) is 2. The molecule has 0 amide bonds. The molecule has 0 aliphatic carbocycles. The Morgan fingerprint density at radius 2 is 2.12 bits per heavy atom. The van der Waals surface area contributed by atoms with Gasteiger partial charge in [-0.15, -0.1) is 13.2 Å². The van der Waals surface area contributed by atoms with Gasteiger partial charge in [0.05, 0.1) is 13.3 Å². The van der Waals surface area contributed by atoms with Gasteiger partial charge in [0.25, 0.3) is 0 Å². The molecule has 5 nitrogen and oxygen atoms in total. The van der Waals surface area contributed by atoms with E-state index in [0.29, 0.717) is 6.20 Å². The second-order valence-corrected chi connectivity index (χ2v) is 2.58. The molecular formula is C8H6F3N3O2. The summed E-state index contributed by atoms with van der Waals surface area (Å²) in [5, 5.41) is 8.69. The number of methoxy groups -OCH3 is 1. The van der Waals surface area contributed by atoms with Crippen LogP contribution in [0.1, 0.15) is 5.56 Å². The van der Waals surface area contributed by atoms with E-state index in [-0.39, 0.29) is 11.6 Å². The maximum atomic E-state index is 12.0. The number of pyridine rings is 1. The zero-order chi connectivity index (χ0) is 12.3. The van der Waals surface area contributed by atoms with Gasteiger partial charge >= 0.3 is 6.36 Å². The Hall–Kier alpha value is -2.17. The van der Waals surface area contributed by atoms with Crippen LogP contribution in [-0.2, 0) is 0 Å². The second kappa shape index (κ2) is 4.14. The van der Waals surface area contributed by atoms with Crippen LogP contribution in [-0.4, -0.2) is 18.5 Å². The predicted octanol–water partition coefficient (Wildman–Crippen LogP) is 1.44. The van der Waals surface area contributed by atoms with Crippen molar-refractivity contribution in [2.45, 2.75) is 6.36 Å². The van der Waals surface area contributed by atoms with E-state index in [0.717, 1.165) is 7.11 Å². The lowest BCUT2D eigenvalue weighted by atomic mass is 10.2. The van der Waals surface area contributed by atoms with Crippen molar-refractivity contribution in [3.05, 3.63) is 11.8 Å². The topological polar surface area (TPSA) is 81.2 Å². The molecule has 0 aliphatic heterocycles. The molecule has 2 N–H and O–H groups in total. The SMILES string of the molecule is COc1c(N)ncc(OC(F)(F)F)c1C#N. The van der Waals surface area contributed by atoms with E-state index in [1.807, 2.05) is 0 Å². The van der Waals surface area contributed by atoms with Crippen LogP contribution in [0.3, 0.4) is 0 Å². The van der Waals surface area contributed by atoms with Gasteiger partial charge in [-0.25, -0.2) is 4.98 Å². The highest BCUT2D eigenvalue weighted by molar-refractivity contribution is 5.61. The number of halogens is 3. The Morgan fingerprint density at radius 1 is 1.50 bits per heavy atom. The summed E-state index contributed by atoms with van der Waals surface area (Å²) in [6, 6.07) is 1.51. The molecule has 0 fully saturated rings. The number of hydrogen-bond donors (Lipinski definition) is 1. The van der Waals surface area contributed by atoms with E-state index in [9.17, 15) is 13.2 Å². The third-order valence-corrected chi connectivity index (χ3v) is 1.57. The third kappa shape index (κ3) is 2.44. The molecule has 16 heavy (non-hydrogen) atoms.